The summed E-state index contributed by atoms with van der Waals surface area (Å²) in [6, 6.07) is 13.5. The molecule has 0 aliphatic carbocycles. The summed E-state index contributed by atoms with van der Waals surface area (Å²) in [5.74, 6) is -0.268. The Hall–Kier alpha value is -2.55. The lowest BCUT2D eigenvalue weighted by atomic mass is 10.1. The van der Waals surface area contributed by atoms with E-state index in [-0.39, 0.29) is 27.1 Å². The molecule has 1 heterocycles. The predicted molar refractivity (Wildman–Crippen MR) is 115 cm³/mol. The molecule has 1 aromatic heterocycles. The van der Waals surface area contributed by atoms with Gasteiger partial charge in [-0.1, -0.05) is 41.9 Å². The van der Waals surface area contributed by atoms with Crippen LogP contribution >= 0.6 is 22.9 Å². The number of thiophene rings is 1. The summed E-state index contributed by atoms with van der Waals surface area (Å²) >= 11 is 7.13. The molecule has 0 bridgehead atoms. The highest BCUT2D eigenvalue weighted by Gasteiger charge is 2.30. The number of benzene rings is 2. The fraction of sp³-hybridized carbons (Fsp3) is 0.150. The van der Waals surface area contributed by atoms with Gasteiger partial charge in [0, 0.05) is 10.9 Å². The number of sulfonamides is 1. The van der Waals surface area contributed by atoms with E-state index in [4.69, 9.17) is 21.1 Å². The number of methoxy groups -OCH3 is 1. The number of rotatable bonds is 7. The van der Waals surface area contributed by atoms with E-state index in [1.54, 1.807) is 42.6 Å². The van der Waals surface area contributed by atoms with Crippen LogP contribution in [0.15, 0.2) is 58.8 Å². The number of nitrogens with one attached hydrogen (secondary N) is 1. The minimum atomic E-state index is -4.12. The molecule has 0 amide bonds. The minimum absolute atomic E-state index is 0.0119. The smallest absolute Gasteiger partial charge is 0.349 e. The van der Waals surface area contributed by atoms with E-state index in [2.05, 4.69) is 4.72 Å². The number of ether oxygens (including phenoxy) is 2. The van der Waals surface area contributed by atoms with Crippen LogP contribution in [0.5, 0.6) is 5.75 Å². The van der Waals surface area contributed by atoms with Crippen LogP contribution in [0.4, 0.5) is 5.69 Å². The number of carbonyl (C=O) groups is 1. The highest BCUT2D eigenvalue weighted by molar-refractivity contribution is 7.93. The fourth-order valence-corrected chi connectivity index (χ4v) is 5.70. The molecule has 0 saturated heterocycles. The molecule has 0 aliphatic heterocycles. The Morgan fingerprint density at radius 2 is 1.90 bits per heavy atom. The molecule has 0 saturated carbocycles. The highest BCUT2D eigenvalue weighted by Crippen LogP contribution is 2.37. The van der Waals surface area contributed by atoms with Gasteiger partial charge in [-0.05, 0) is 30.7 Å². The number of halogens is 1. The van der Waals surface area contributed by atoms with Crippen LogP contribution in [-0.2, 0) is 14.8 Å². The van der Waals surface area contributed by atoms with Crippen molar-refractivity contribution in [2.75, 3.05) is 18.4 Å². The highest BCUT2D eigenvalue weighted by atomic mass is 35.5. The molecule has 0 fully saturated rings. The lowest BCUT2D eigenvalue weighted by Gasteiger charge is -2.12. The molecule has 6 nitrogen and oxygen atoms in total. The van der Waals surface area contributed by atoms with Crippen molar-refractivity contribution in [1.29, 1.82) is 0 Å². The van der Waals surface area contributed by atoms with E-state index in [0.29, 0.717) is 16.9 Å². The van der Waals surface area contributed by atoms with Gasteiger partial charge >= 0.3 is 5.97 Å². The monoisotopic (exact) mass is 451 g/mol. The summed E-state index contributed by atoms with van der Waals surface area (Å²) in [5, 5.41) is 1.89. The number of esters is 1. The van der Waals surface area contributed by atoms with Crippen LogP contribution in [0.2, 0.25) is 5.02 Å². The maximum atomic E-state index is 13.3. The predicted octanol–water partition coefficient (Wildman–Crippen LogP) is 5.05. The first-order valence-corrected chi connectivity index (χ1v) is 11.3. The summed E-state index contributed by atoms with van der Waals surface area (Å²) in [6.45, 7) is 1.80. The van der Waals surface area contributed by atoms with Gasteiger partial charge in [-0.15, -0.1) is 11.3 Å². The van der Waals surface area contributed by atoms with Crippen LogP contribution in [-0.4, -0.2) is 28.1 Å². The van der Waals surface area contributed by atoms with Gasteiger partial charge in [0.15, 0.2) is 0 Å². The summed E-state index contributed by atoms with van der Waals surface area (Å²) in [4.78, 5) is 12.3. The van der Waals surface area contributed by atoms with E-state index in [0.717, 1.165) is 11.3 Å². The molecule has 152 valence electrons. The molecule has 0 unspecified atom stereocenters. The topological polar surface area (TPSA) is 81.7 Å². The zero-order valence-corrected chi connectivity index (χ0v) is 18.0. The molecule has 3 rings (SSSR count). The van der Waals surface area contributed by atoms with Crippen LogP contribution in [0.3, 0.4) is 0 Å². The largest absolute Gasteiger partial charge is 0.495 e. The molecule has 1 N–H and O–H groups in total. The number of carbonyl (C=O) groups excluding carboxylic acids is 1. The van der Waals surface area contributed by atoms with Gasteiger partial charge < -0.3 is 9.47 Å². The average molecular weight is 452 g/mol. The second-order valence-corrected chi connectivity index (χ2v) is 8.76. The lowest BCUT2D eigenvalue weighted by molar-refractivity contribution is 0.0528. The molecule has 29 heavy (non-hydrogen) atoms. The van der Waals surface area contributed by atoms with Gasteiger partial charge in [-0.25, -0.2) is 13.2 Å². The van der Waals surface area contributed by atoms with Gasteiger partial charge in [0.2, 0.25) is 0 Å². The first kappa shape index (κ1) is 21.2. The van der Waals surface area contributed by atoms with Gasteiger partial charge in [0.25, 0.3) is 10.0 Å². The standard InChI is InChI=1S/C20H18ClNO5S2/c1-3-27-20(23)18-19(15(12-28-18)13-7-5-4-6-8-13)29(24,25)22-14-9-10-17(26-2)16(21)11-14/h4-12,22H,3H2,1-2H3. The van der Waals surface area contributed by atoms with E-state index >= 15 is 0 Å². The van der Waals surface area contributed by atoms with Crippen molar-refractivity contribution in [2.24, 2.45) is 0 Å². The Bertz CT molecular complexity index is 1130. The molecule has 2 aromatic carbocycles. The first-order chi connectivity index (χ1) is 13.9. The molecular weight excluding hydrogens is 434 g/mol. The molecule has 0 atom stereocenters. The third kappa shape index (κ3) is 4.55. The van der Waals surface area contributed by atoms with Crippen LogP contribution < -0.4 is 9.46 Å². The van der Waals surface area contributed by atoms with Gasteiger partial charge in [0.1, 0.15) is 15.5 Å². The van der Waals surface area contributed by atoms with Crippen molar-refractivity contribution in [1.82, 2.24) is 0 Å². The van der Waals surface area contributed by atoms with Crippen molar-refractivity contribution in [3.63, 3.8) is 0 Å². The Labute approximate surface area is 178 Å². The van der Waals surface area contributed by atoms with Crippen molar-refractivity contribution < 1.29 is 22.7 Å². The summed E-state index contributed by atoms with van der Waals surface area (Å²) < 4.78 is 39.2. The number of hydrogen-bond acceptors (Lipinski definition) is 6. The van der Waals surface area contributed by atoms with Crippen molar-refractivity contribution in [3.8, 4) is 16.9 Å². The van der Waals surface area contributed by atoms with Crippen molar-refractivity contribution in [2.45, 2.75) is 11.8 Å². The maximum absolute atomic E-state index is 13.3. The molecule has 9 heteroatoms. The number of anilines is 1. The summed E-state index contributed by atoms with van der Waals surface area (Å²) in [6.07, 6.45) is 0. The van der Waals surface area contributed by atoms with E-state index < -0.39 is 16.0 Å². The van der Waals surface area contributed by atoms with E-state index in [9.17, 15) is 13.2 Å². The molecule has 0 aliphatic rings. The number of hydrogen-bond donors (Lipinski definition) is 1. The Morgan fingerprint density at radius 1 is 1.17 bits per heavy atom. The van der Waals surface area contributed by atoms with Crippen molar-refractivity contribution >= 4 is 44.6 Å². The Kier molecular flexibility index (Phi) is 6.46. The Balaban J connectivity index is 2.10. The molecule has 0 radical (unpaired) electrons. The van der Waals surface area contributed by atoms with Crippen LogP contribution in [0.25, 0.3) is 11.1 Å². The molecule has 0 spiro atoms. The fourth-order valence-electron chi connectivity index (χ4n) is 2.70. The Morgan fingerprint density at radius 3 is 2.52 bits per heavy atom. The van der Waals surface area contributed by atoms with E-state index in [1.807, 2.05) is 6.07 Å². The zero-order valence-electron chi connectivity index (χ0n) is 15.6. The summed E-state index contributed by atoms with van der Waals surface area (Å²) in [7, 11) is -2.65. The SMILES string of the molecule is CCOC(=O)c1scc(-c2ccccc2)c1S(=O)(=O)Nc1ccc(OC)c(Cl)c1. The normalized spacial score (nSPS) is 11.1. The van der Waals surface area contributed by atoms with Crippen LogP contribution in [0.1, 0.15) is 16.6 Å². The average Bonchev–Trinajstić information content (AvgIpc) is 3.15. The van der Waals surface area contributed by atoms with Crippen LogP contribution in [0, 0.1) is 0 Å². The lowest BCUT2D eigenvalue weighted by Crippen LogP contribution is -2.17. The molecular formula is C20H18ClNO5S2. The zero-order chi connectivity index (χ0) is 21.0. The van der Waals surface area contributed by atoms with Crippen molar-refractivity contribution in [3.05, 3.63) is 63.8 Å². The second-order valence-electron chi connectivity index (χ2n) is 5.85. The maximum Gasteiger partial charge on any atom is 0.349 e. The third-order valence-electron chi connectivity index (χ3n) is 3.96. The van der Waals surface area contributed by atoms with Gasteiger partial charge in [-0.3, -0.25) is 4.72 Å². The summed E-state index contributed by atoms with van der Waals surface area (Å²) in [5.41, 5.74) is 1.34. The quantitative estimate of drug-likeness (QED) is 0.508. The minimum Gasteiger partial charge on any atom is -0.495 e. The first-order valence-electron chi connectivity index (χ1n) is 8.57. The second kappa shape index (κ2) is 8.86. The van der Waals surface area contributed by atoms with Gasteiger partial charge in [-0.2, -0.15) is 0 Å². The third-order valence-corrected chi connectivity index (χ3v) is 6.81. The van der Waals surface area contributed by atoms with Gasteiger partial charge in [0.05, 0.1) is 24.4 Å². The van der Waals surface area contributed by atoms with E-state index in [1.165, 1.54) is 19.2 Å². The molecule has 3 aromatic rings.